The first-order valence-electron chi connectivity index (χ1n) is 7.00. The zero-order chi connectivity index (χ0) is 15.1. The number of hydrogen-bond donors (Lipinski definition) is 2. The Labute approximate surface area is 134 Å². The molecule has 21 heavy (non-hydrogen) atoms. The molecule has 1 atom stereocenters. The molecule has 114 valence electrons. The second-order valence-corrected chi connectivity index (χ2v) is 5.99. The van der Waals surface area contributed by atoms with Crippen LogP contribution in [-0.2, 0) is 5.75 Å². The van der Waals surface area contributed by atoms with Crippen molar-refractivity contribution in [1.29, 1.82) is 0 Å². The first-order chi connectivity index (χ1) is 10.2. The Kier molecular flexibility index (Phi) is 6.20. The molecule has 0 aliphatic rings. The topological polar surface area (TPSA) is 50.2 Å². The Morgan fingerprint density at radius 2 is 2.29 bits per heavy atom. The number of aromatic nitrogens is 1. The van der Waals surface area contributed by atoms with E-state index in [0.717, 1.165) is 35.9 Å². The maximum atomic E-state index is 6.02. The largest absolute Gasteiger partial charge is 0.480 e. The van der Waals surface area contributed by atoms with Crippen molar-refractivity contribution in [3.05, 3.63) is 41.1 Å². The van der Waals surface area contributed by atoms with Crippen LogP contribution in [-0.4, -0.2) is 17.0 Å². The average molecular weight is 324 g/mol. The van der Waals surface area contributed by atoms with Crippen molar-refractivity contribution in [2.75, 3.05) is 11.9 Å². The summed E-state index contributed by atoms with van der Waals surface area (Å²) in [6.07, 6.45) is 2.72. The van der Waals surface area contributed by atoms with Gasteiger partial charge < -0.3 is 19.5 Å². The van der Waals surface area contributed by atoms with E-state index in [9.17, 15) is 0 Å². The monoisotopic (exact) mass is 324 g/mol. The molecule has 0 amide bonds. The third-order valence-electron chi connectivity index (χ3n) is 2.80. The van der Waals surface area contributed by atoms with E-state index in [0.29, 0.717) is 4.84 Å². The Hall–Kier alpha value is -1.40. The van der Waals surface area contributed by atoms with Crippen LogP contribution in [0.5, 0.6) is 5.75 Å². The Balaban J connectivity index is 1.92. The summed E-state index contributed by atoms with van der Waals surface area (Å²) in [4.78, 5) is 3.28. The van der Waals surface area contributed by atoms with Gasteiger partial charge in [-0.15, -0.1) is 11.8 Å². The SMILES string of the molecule is CCNc1cccc(OC(CC)SCc2c[nH]c(=S)o2)c1. The summed E-state index contributed by atoms with van der Waals surface area (Å²) >= 11 is 6.61. The highest BCUT2D eigenvalue weighted by atomic mass is 32.2. The number of oxazole rings is 1. The van der Waals surface area contributed by atoms with E-state index in [4.69, 9.17) is 21.4 Å². The maximum absolute atomic E-state index is 6.02. The number of ether oxygens (including phenoxy) is 1. The lowest BCUT2D eigenvalue weighted by atomic mass is 10.3. The van der Waals surface area contributed by atoms with Crippen LogP contribution in [0, 0.1) is 4.84 Å². The molecule has 0 bridgehead atoms. The standard InChI is InChI=1S/C15H20N2O2S2/c1-3-14(21-10-13-9-17-15(20)19-13)18-12-7-5-6-11(8-12)16-4-2/h5-9,14,16H,3-4,10H2,1-2H3,(H,17,20). The van der Waals surface area contributed by atoms with Gasteiger partial charge in [0.25, 0.3) is 4.84 Å². The summed E-state index contributed by atoms with van der Waals surface area (Å²) in [6.45, 7) is 5.08. The number of thioether (sulfide) groups is 1. The molecule has 0 saturated heterocycles. The average Bonchev–Trinajstić information content (AvgIpc) is 2.90. The third-order valence-corrected chi connectivity index (χ3v) is 4.26. The van der Waals surface area contributed by atoms with Gasteiger partial charge in [-0.2, -0.15) is 0 Å². The number of benzene rings is 1. The van der Waals surface area contributed by atoms with Gasteiger partial charge in [0.1, 0.15) is 16.9 Å². The van der Waals surface area contributed by atoms with E-state index < -0.39 is 0 Å². The van der Waals surface area contributed by atoms with Crippen LogP contribution in [0.1, 0.15) is 26.0 Å². The highest BCUT2D eigenvalue weighted by molar-refractivity contribution is 7.99. The van der Waals surface area contributed by atoms with Crippen molar-refractivity contribution in [3.8, 4) is 5.75 Å². The number of nitrogens with one attached hydrogen (secondary N) is 2. The predicted octanol–water partition coefficient (Wildman–Crippen LogP) is 4.82. The van der Waals surface area contributed by atoms with E-state index in [-0.39, 0.29) is 5.44 Å². The molecule has 1 aromatic carbocycles. The third kappa shape index (κ3) is 5.13. The highest BCUT2D eigenvalue weighted by Gasteiger charge is 2.10. The predicted molar refractivity (Wildman–Crippen MR) is 90.5 cm³/mol. The number of H-pyrrole nitrogens is 1. The smallest absolute Gasteiger partial charge is 0.266 e. The quantitative estimate of drug-likeness (QED) is 0.539. The number of hydrogen-bond acceptors (Lipinski definition) is 5. The van der Waals surface area contributed by atoms with Crippen molar-refractivity contribution < 1.29 is 9.15 Å². The summed E-state index contributed by atoms with van der Waals surface area (Å²) in [7, 11) is 0. The minimum Gasteiger partial charge on any atom is -0.480 e. The van der Waals surface area contributed by atoms with Crippen molar-refractivity contribution in [1.82, 2.24) is 4.98 Å². The number of rotatable bonds is 8. The first kappa shape index (κ1) is 16.0. The normalized spacial score (nSPS) is 12.1. The van der Waals surface area contributed by atoms with E-state index in [2.05, 4.69) is 24.1 Å². The molecule has 0 radical (unpaired) electrons. The minimum absolute atomic E-state index is 0.0838. The van der Waals surface area contributed by atoms with Crippen molar-refractivity contribution in [2.24, 2.45) is 0 Å². The van der Waals surface area contributed by atoms with Gasteiger partial charge in [-0.1, -0.05) is 13.0 Å². The molecule has 2 aromatic rings. The highest BCUT2D eigenvalue weighted by Crippen LogP contribution is 2.25. The molecule has 1 heterocycles. The Bertz CT molecular complexity index is 609. The molecular weight excluding hydrogens is 304 g/mol. The van der Waals surface area contributed by atoms with Crippen LogP contribution in [0.4, 0.5) is 5.69 Å². The summed E-state index contributed by atoms with van der Waals surface area (Å²) in [5, 5.41) is 3.28. The van der Waals surface area contributed by atoms with Crippen LogP contribution in [0.25, 0.3) is 0 Å². The molecule has 6 heteroatoms. The van der Waals surface area contributed by atoms with Gasteiger partial charge >= 0.3 is 0 Å². The fourth-order valence-corrected chi connectivity index (χ4v) is 2.91. The molecule has 0 fully saturated rings. The van der Waals surface area contributed by atoms with Crippen molar-refractivity contribution in [2.45, 2.75) is 31.5 Å². The molecule has 1 unspecified atom stereocenters. The van der Waals surface area contributed by atoms with Crippen molar-refractivity contribution in [3.63, 3.8) is 0 Å². The fraction of sp³-hybridized carbons (Fsp3) is 0.400. The lowest BCUT2D eigenvalue weighted by molar-refractivity contribution is 0.283. The van der Waals surface area contributed by atoms with E-state index in [1.165, 1.54) is 0 Å². The van der Waals surface area contributed by atoms with Gasteiger partial charge in [-0.3, -0.25) is 0 Å². The molecule has 1 aromatic heterocycles. The van der Waals surface area contributed by atoms with Crippen LogP contribution in [0.15, 0.2) is 34.9 Å². The van der Waals surface area contributed by atoms with Gasteiger partial charge in [-0.25, -0.2) is 0 Å². The molecule has 2 rings (SSSR count). The Morgan fingerprint density at radius 1 is 1.43 bits per heavy atom. The van der Waals surface area contributed by atoms with Gasteiger partial charge in [0.05, 0.1) is 5.75 Å². The lowest BCUT2D eigenvalue weighted by Gasteiger charge is -2.17. The molecule has 0 aliphatic heterocycles. The molecule has 2 N–H and O–H groups in total. The lowest BCUT2D eigenvalue weighted by Crippen LogP contribution is -2.11. The van der Waals surface area contributed by atoms with Crippen LogP contribution in [0.2, 0.25) is 0 Å². The summed E-state index contributed by atoms with van der Waals surface area (Å²) in [6, 6.07) is 8.03. The molecular formula is C15H20N2O2S2. The number of aromatic amines is 1. The molecule has 0 aliphatic carbocycles. The Morgan fingerprint density at radius 3 is 2.95 bits per heavy atom. The fourth-order valence-electron chi connectivity index (χ4n) is 1.83. The minimum atomic E-state index is 0.0838. The summed E-state index contributed by atoms with van der Waals surface area (Å²) in [5.74, 6) is 2.45. The molecule has 4 nitrogen and oxygen atoms in total. The van der Waals surface area contributed by atoms with Gasteiger partial charge in [-0.05, 0) is 37.7 Å². The summed E-state index contributed by atoms with van der Waals surface area (Å²) in [5.41, 5.74) is 1.16. The zero-order valence-corrected chi connectivity index (χ0v) is 13.9. The van der Waals surface area contributed by atoms with Gasteiger partial charge in [0.2, 0.25) is 0 Å². The zero-order valence-electron chi connectivity index (χ0n) is 12.2. The number of anilines is 1. The maximum Gasteiger partial charge on any atom is 0.266 e. The summed E-state index contributed by atoms with van der Waals surface area (Å²) < 4.78 is 11.4. The van der Waals surface area contributed by atoms with E-state index >= 15 is 0 Å². The van der Waals surface area contributed by atoms with Crippen LogP contribution >= 0.6 is 24.0 Å². The molecule has 0 spiro atoms. The second-order valence-electron chi connectivity index (χ2n) is 4.47. The van der Waals surface area contributed by atoms with E-state index in [1.807, 2.05) is 24.3 Å². The van der Waals surface area contributed by atoms with Crippen molar-refractivity contribution >= 4 is 29.7 Å². The second kappa shape index (κ2) is 8.14. The van der Waals surface area contributed by atoms with E-state index in [1.54, 1.807) is 18.0 Å². The van der Waals surface area contributed by atoms with Crippen LogP contribution in [0.3, 0.4) is 0 Å². The van der Waals surface area contributed by atoms with Gasteiger partial charge in [0, 0.05) is 24.5 Å². The molecule has 0 saturated carbocycles. The van der Waals surface area contributed by atoms with Gasteiger partial charge in [0.15, 0.2) is 0 Å². The first-order valence-corrected chi connectivity index (χ1v) is 8.46. The van der Waals surface area contributed by atoms with Crippen LogP contribution < -0.4 is 10.1 Å².